The van der Waals surface area contributed by atoms with Crippen LogP contribution in [0.5, 0.6) is 0 Å². The Morgan fingerprint density at radius 1 is 1.00 bits per heavy atom. The maximum Gasteiger partial charge on any atom is 0.253 e. The van der Waals surface area contributed by atoms with Crippen molar-refractivity contribution in [3.63, 3.8) is 0 Å². The van der Waals surface area contributed by atoms with Crippen LogP contribution in [0.15, 0.2) is 24.3 Å². The minimum Gasteiger partial charge on any atom is -0.369 e. The van der Waals surface area contributed by atoms with Crippen molar-refractivity contribution >= 4 is 21.8 Å². The lowest BCUT2D eigenvalue weighted by molar-refractivity contribution is -0.123. The van der Waals surface area contributed by atoms with Crippen LogP contribution in [0.4, 0.5) is 0 Å². The Balaban J connectivity index is 1.51. The summed E-state index contributed by atoms with van der Waals surface area (Å²) >= 11 is 0. The summed E-state index contributed by atoms with van der Waals surface area (Å²) < 4.78 is 24.7. The van der Waals surface area contributed by atoms with Crippen molar-refractivity contribution in [1.82, 2.24) is 14.1 Å². The molecule has 1 aromatic rings. The number of sulfonamides is 1. The number of carbonyl (C=O) groups is 2. The van der Waals surface area contributed by atoms with E-state index in [-0.39, 0.29) is 17.7 Å². The van der Waals surface area contributed by atoms with E-state index in [9.17, 15) is 18.0 Å². The first kappa shape index (κ1) is 20.8. The minimum atomic E-state index is -3.12. The maximum absolute atomic E-state index is 12.6. The number of nitrogens with zero attached hydrogens (tertiary/aromatic N) is 3. The van der Waals surface area contributed by atoms with Gasteiger partial charge in [0, 0.05) is 57.3 Å². The van der Waals surface area contributed by atoms with Gasteiger partial charge in [0.25, 0.3) is 5.91 Å². The number of hydrogen-bond donors (Lipinski definition) is 1. The van der Waals surface area contributed by atoms with E-state index in [1.54, 1.807) is 4.90 Å². The number of carbonyl (C=O) groups excluding carboxylic acids is 2. The number of likely N-dealkylation sites (tertiary alicyclic amines) is 1. The van der Waals surface area contributed by atoms with Gasteiger partial charge in [0.2, 0.25) is 15.9 Å². The van der Waals surface area contributed by atoms with Gasteiger partial charge in [0.05, 0.1) is 6.26 Å². The highest BCUT2D eigenvalue weighted by atomic mass is 32.2. The Morgan fingerprint density at radius 3 is 2.07 bits per heavy atom. The number of rotatable bonds is 5. The summed E-state index contributed by atoms with van der Waals surface area (Å²) in [4.78, 5) is 27.9. The van der Waals surface area contributed by atoms with Gasteiger partial charge in [-0.15, -0.1) is 0 Å². The normalized spacial score (nSPS) is 20.2. The zero-order valence-corrected chi connectivity index (χ0v) is 17.0. The van der Waals surface area contributed by atoms with E-state index in [0.717, 1.165) is 12.1 Å². The second-order valence-corrected chi connectivity index (χ2v) is 9.59. The highest BCUT2D eigenvalue weighted by Gasteiger charge is 2.27. The molecule has 0 unspecified atom stereocenters. The smallest absolute Gasteiger partial charge is 0.253 e. The quantitative estimate of drug-likeness (QED) is 0.744. The first-order valence-electron chi connectivity index (χ1n) is 9.59. The summed E-state index contributed by atoms with van der Waals surface area (Å²) in [5, 5.41) is 0. The minimum absolute atomic E-state index is 0.0174. The van der Waals surface area contributed by atoms with Crippen LogP contribution in [0, 0.1) is 5.92 Å². The van der Waals surface area contributed by atoms with Crippen molar-refractivity contribution in [2.24, 2.45) is 11.7 Å². The largest absolute Gasteiger partial charge is 0.369 e. The lowest BCUT2D eigenvalue weighted by Crippen LogP contribution is -2.47. The molecule has 0 aromatic heterocycles. The molecular weight excluding hydrogens is 380 g/mol. The number of benzene rings is 1. The summed E-state index contributed by atoms with van der Waals surface area (Å²) in [5.41, 5.74) is 7.08. The van der Waals surface area contributed by atoms with Crippen molar-refractivity contribution in [2.45, 2.75) is 19.4 Å². The van der Waals surface area contributed by atoms with E-state index >= 15 is 0 Å². The third kappa shape index (κ3) is 5.09. The number of hydrogen-bond acceptors (Lipinski definition) is 5. The first-order chi connectivity index (χ1) is 13.2. The van der Waals surface area contributed by atoms with Crippen LogP contribution in [0.25, 0.3) is 0 Å². The zero-order chi connectivity index (χ0) is 20.3. The summed E-state index contributed by atoms with van der Waals surface area (Å²) in [6.07, 6.45) is 2.49. The molecule has 2 N–H and O–H groups in total. The molecule has 0 atom stereocenters. The number of piperazine rings is 1. The number of piperidine rings is 1. The van der Waals surface area contributed by atoms with Gasteiger partial charge in [0.1, 0.15) is 0 Å². The summed E-state index contributed by atoms with van der Waals surface area (Å²) in [7, 11) is -3.12. The second kappa shape index (κ2) is 8.59. The molecule has 0 saturated carbocycles. The molecule has 154 valence electrons. The van der Waals surface area contributed by atoms with Crippen LogP contribution in [0.1, 0.15) is 28.8 Å². The third-order valence-corrected chi connectivity index (χ3v) is 6.90. The molecule has 2 saturated heterocycles. The summed E-state index contributed by atoms with van der Waals surface area (Å²) in [6, 6.07) is 7.58. The predicted octanol–water partition coefficient (Wildman–Crippen LogP) is 0.101. The molecule has 3 rings (SSSR count). The fourth-order valence-electron chi connectivity index (χ4n) is 3.78. The van der Waals surface area contributed by atoms with Crippen molar-refractivity contribution in [3.05, 3.63) is 35.4 Å². The van der Waals surface area contributed by atoms with E-state index in [2.05, 4.69) is 4.90 Å². The molecule has 0 radical (unpaired) electrons. The number of amides is 2. The SMILES string of the molecule is CS(=O)(=O)N1CCN(Cc2ccc(C(=O)N3CCC(C(N)=O)CC3)cc2)CC1. The Kier molecular flexibility index (Phi) is 6.36. The van der Waals surface area contributed by atoms with Gasteiger partial charge in [-0.25, -0.2) is 8.42 Å². The number of primary amides is 1. The molecule has 0 aliphatic carbocycles. The van der Waals surface area contributed by atoms with Gasteiger partial charge in [-0.05, 0) is 30.5 Å². The highest BCUT2D eigenvalue weighted by Crippen LogP contribution is 2.19. The number of nitrogens with two attached hydrogens (primary N) is 1. The molecule has 28 heavy (non-hydrogen) atoms. The van der Waals surface area contributed by atoms with Crippen LogP contribution < -0.4 is 5.73 Å². The summed E-state index contributed by atoms with van der Waals surface area (Å²) in [5.74, 6) is -0.431. The Labute approximate surface area is 166 Å². The predicted molar refractivity (Wildman–Crippen MR) is 106 cm³/mol. The van der Waals surface area contributed by atoms with Gasteiger partial charge in [0.15, 0.2) is 0 Å². The topological polar surface area (TPSA) is 104 Å². The van der Waals surface area contributed by atoms with Gasteiger partial charge >= 0.3 is 0 Å². The van der Waals surface area contributed by atoms with Crippen molar-refractivity contribution in [1.29, 1.82) is 0 Å². The Morgan fingerprint density at radius 2 is 1.57 bits per heavy atom. The van der Waals surface area contributed by atoms with E-state index in [1.165, 1.54) is 10.6 Å². The van der Waals surface area contributed by atoms with E-state index in [4.69, 9.17) is 5.73 Å². The average Bonchev–Trinajstić information content (AvgIpc) is 2.68. The Bertz CT molecular complexity index is 809. The average molecular weight is 409 g/mol. The molecule has 2 amide bonds. The second-order valence-electron chi connectivity index (χ2n) is 7.60. The van der Waals surface area contributed by atoms with Gasteiger partial charge in [-0.1, -0.05) is 12.1 Å². The molecular formula is C19H28N4O4S. The fraction of sp³-hybridized carbons (Fsp3) is 0.579. The molecule has 9 heteroatoms. The van der Waals surface area contributed by atoms with Crippen molar-refractivity contribution in [2.75, 3.05) is 45.5 Å². The van der Waals surface area contributed by atoms with Gasteiger partial charge < -0.3 is 10.6 Å². The monoisotopic (exact) mass is 408 g/mol. The molecule has 1 aromatic carbocycles. The molecule has 0 bridgehead atoms. The van der Waals surface area contributed by atoms with E-state index < -0.39 is 10.0 Å². The van der Waals surface area contributed by atoms with Crippen LogP contribution in [-0.4, -0.2) is 79.9 Å². The lowest BCUT2D eigenvalue weighted by Gasteiger charge is -2.33. The Hall–Kier alpha value is -1.97. The molecule has 2 heterocycles. The van der Waals surface area contributed by atoms with Crippen LogP contribution in [-0.2, 0) is 21.4 Å². The van der Waals surface area contributed by atoms with Gasteiger partial charge in [-0.2, -0.15) is 4.31 Å². The summed E-state index contributed by atoms with van der Waals surface area (Å²) in [6.45, 7) is 4.26. The maximum atomic E-state index is 12.6. The lowest BCUT2D eigenvalue weighted by atomic mass is 9.96. The fourth-order valence-corrected chi connectivity index (χ4v) is 4.61. The van der Waals surface area contributed by atoms with E-state index in [1.807, 2.05) is 24.3 Å². The van der Waals surface area contributed by atoms with Crippen LogP contribution in [0.2, 0.25) is 0 Å². The van der Waals surface area contributed by atoms with Crippen LogP contribution in [0.3, 0.4) is 0 Å². The van der Waals surface area contributed by atoms with E-state index in [0.29, 0.717) is 57.7 Å². The van der Waals surface area contributed by atoms with Gasteiger partial charge in [-0.3, -0.25) is 14.5 Å². The van der Waals surface area contributed by atoms with Crippen molar-refractivity contribution in [3.8, 4) is 0 Å². The first-order valence-corrected chi connectivity index (χ1v) is 11.4. The van der Waals surface area contributed by atoms with Crippen molar-refractivity contribution < 1.29 is 18.0 Å². The molecule has 0 spiro atoms. The highest BCUT2D eigenvalue weighted by molar-refractivity contribution is 7.88. The third-order valence-electron chi connectivity index (χ3n) is 5.59. The molecule has 8 nitrogen and oxygen atoms in total. The zero-order valence-electron chi connectivity index (χ0n) is 16.2. The van der Waals surface area contributed by atoms with Crippen LogP contribution >= 0.6 is 0 Å². The molecule has 2 fully saturated rings. The molecule has 2 aliphatic rings. The molecule has 2 aliphatic heterocycles. The standard InChI is InChI=1S/C19H28N4O4S/c1-28(26,27)23-12-10-21(11-13-23)14-15-2-4-17(5-3-15)19(25)22-8-6-16(7-9-22)18(20)24/h2-5,16H,6-14H2,1H3,(H2,20,24).